The molecule has 2 fully saturated rings. The van der Waals surface area contributed by atoms with E-state index >= 15 is 0 Å². The Morgan fingerprint density at radius 3 is 2.67 bits per heavy atom. The van der Waals surface area contributed by atoms with Crippen LogP contribution in [0.5, 0.6) is 0 Å². The fourth-order valence-electron chi connectivity index (χ4n) is 5.09. The molecule has 0 radical (unpaired) electrons. The zero-order chi connectivity index (χ0) is 25.5. The van der Waals surface area contributed by atoms with Gasteiger partial charge in [0.05, 0.1) is 23.9 Å². The first kappa shape index (κ1) is 26.3. The van der Waals surface area contributed by atoms with Crippen LogP contribution in [0.25, 0.3) is 0 Å². The van der Waals surface area contributed by atoms with Gasteiger partial charge in [0, 0.05) is 36.4 Å². The van der Waals surface area contributed by atoms with E-state index in [1.807, 2.05) is 31.4 Å². The number of hydrogen-bond donors (Lipinski definition) is 2. The number of aromatic nitrogens is 1. The van der Waals surface area contributed by atoms with Crippen molar-refractivity contribution in [2.75, 3.05) is 36.9 Å². The number of amides is 2. The third-order valence-corrected chi connectivity index (χ3v) is 7.80. The summed E-state index contributed by atoms with van der Waals surface area (Å²) in [4.78, 5) is 44.7. The SMILES string of the molecule is CCOC(=O)C1CCCN(CCc2csc(NC(=O)Nc3ccc(C)cc3C(=O)C3CCCC3)n2)C1. The van der Waals surface area contributed by atoms with Crippen molar-refractivity contribution >= 4 is 39.9 Å². The smallest absolute Gasteiger partial charge is 0.325 e. The topological polar surface area (TPSA) is 101 Å². The number of hydrogen-bond acceptors (Lipinski definition) is 7. The minimum atomic E-state index is -0.409. The lowest BCUT2D eigenvalue weighted by Crippen LogP contribution is -2.40. The van der Waals surface area contributed by atoms with Crippen molar-refractivity contribution < 1.29 is 19.1 Å². The molecule has 1 saturated heterocycles. The van der Waals surface area contributed by atoms with Crippen molar-refractivity contribution in [3.63, 3.8) is 0 Å². The summed E-state index contributed by atoms with van der Waals surface area (Å²) in [6.07, 6.45) is 6.61. The van der Waals surface area contributed by atoms with E-state index in [1.54, 1.807) is 6.07 Å². The molecule has 8 nitrogen and oxygen atoms in total. The Morgan fingerprint density at radius 2 is 1.89 bits per heavy atom. The molecule has 2 N–H and O–H groups in total. The standard InChI is InChI=1S/C27H36N4O4S/c1-3-35-25(33)20-9-6-13-31(16-20)14-12-21-17-36-27(28-21)30-26(34)29-23-11-10-18(2)15-22(23)24(32)19-7-4-5-8-19/h10-11,15,17,19-20H,3-9,12-14,16H2,1-2H3,(H2,28,29,30,34). The van der Waals surface area contributed by atoms with Crippen LogP contribution in [0.4, 0.5) is 15.6 Å². The van der Waals surface area contributed by atoms with Gasteiger partial charge in [-0.1, -0.05) is 24.5 Å². The second kappa shape index (κ2) is 12.5. The van der Waals surface area contributed by atoms with E-state index in [-0.39, 0.29) is 23.6 Å². The fraction of sp³-hybridized carbons (Fsp3) is 0.556. The van der Waals surface area contributed by atoms with Gasteiger partial charge in [0.25, 0.3) is 0 Å². The average Bonchev–Trinajstić information content (AvgIpc) is 3.56. The van der Waals surface area contributed by atoms with Crippen LogP contribution in [-0.2, 0) is 16.0 Å². The van der Waals surface area contributed by atoms with Gasteiger partial charge >= 0.3 is 12.0 Å². The van der Waals surface area contributed by atoms with E-state index in [4.69, 9.17) is 4.74 Å². The highest BCUT2D eigenvalue weighted by atomic mass is 32.1. The number of carbonyl (C=O) groups excluding carboxylic acids is 3. The highest BCUT2D eigenvalue weighted by Gasteiger charge is 2.27. The number of anilines is 2. The van der Waals surface area contributed by atoms with Gasteiger partial charge in [-0.25, -0.2) is 9.78 Å². The molecule has 36 heavy (non-hydrogen) atoms. The summed E-state index contributed by atoms with van der Waals surface area (Å²) in [5, 5.41) is 8.12. The molecule has 2 aromatic rings. The van der Waals surface area contributed by atoms with E-state index < -0.39 is 6.03 Å². The second-order valence-corrected chi connectivity index (χ2v) is 10.6. The van der Waals surface area contributed by atoms with Crippen molar-refractivity contribution in [1.82, 2.24) is 9.88 Å². The lowest BCUT2D eigenvalue weighted by atomic mass is 9.94. The number of likely N-dealkylation sites (tertiary alicyclic amines) is 1. The fourth-order valence-corrected chi connectivity index (χ4v) is 5.83. The van der Waals surface area contributed by atoms with Crippen LogP contribution >= 0.6 is 11.3 Å². The van der Waals surface area contributed by atoms with Crippen molar-refractivity contribution in [2.24, 2.45) is 11.8 Å². The Hall–Kier alpha value is -2.78. The van der Waals surface area contributed by atoms with Gasteiger partial charge in [0.1, 0.15) is 0 Å². The lowest BCUT2D eigenvalue weighted by Gasteiger charge is -2.31. The van der Waals surface area contributed by atoms with Crippen molar-refractivity contribution in [3.8, 4) is 0 Å². The van der Waals surface area contributed by atoms with Gasteiger partial charge in [-0.3, -0.25) is 14.9 Å². The Labute approximate surface area is 216 Å². The molecule has 0 bridgehead atoms. The molecule has 9 heteroatoms. The predicted molar refractivity (Wildman–Crippen MR) is 142 cm³/mol. The number of ether oxygens (including phenoxy) is 1. The summed E-state index contributed by atoms with van der Waals surface area (Å²) >= 11 is 1.38. The van der Waals surface area contributed by atoms with Crippen LogP contribution in [0.3, 0.4) is 0 Å². The Bertz CT molecular complexity index is 1080. The third-order valence-electron chi connectivity index (χ3n) is 7.00. The number of benzene rings is 1. The first-order valence-corrected chi connectivity index (χ1v) is 13.9. The van der Waals surface area contributed by atoms with Crippen LogP contribution in [-0.4, -0.2) is 53.9 Å². The van der Waals surface area contributed by atoms with Gasteiger partial charge in [-0.2, -0.15) is 0 Å². The molecule has 1 aliphatic heterocycles. The van der Waals surface area contributed by atoms with Crippen LogP contribution in [0.15, 0.2) is 23.6 Å². The molecular weight excluding hydrogens is 476 g/mol. The van der Waals surface area contributed by atoms with E-state index in [0.717, 1.165) is 75.8 Å². The monoisotopic (exact) mass is 512 g/mol. The van der Waals surface area contributed by atoms with Crippen LogP contribution < -0.4 is 10.6 Å². The molecular formula is C27H36N4O4S. The molecule has 2 amide bonds. The van der Waals surface area contributed by atoms with Crippen LogP contribution in [0.1, 0.15) is 67.1 Å². The number of urea groups is 1. The highest BCUT2D eigenvalue weighted by molar-refractivity contribution is 7.13. The predicted octanol–water partition coefficient (Wildman–Crippen LogP) is 5.29. The number of ketones is 1. The van der Waals surface area contributed by atoms with Crippen molar-refractivity contribution in [2.45, 2.75) is 58.8 Å². The Morgan fingerprint density at radius 1 is 1.11 bits per heavy atom. The number of rotatable bonds is 9. The Kier molecular flexibility index (Phi) is 9.09. The maximum absolute atomic E-state index is 13.0. The number of nitrogens with zero attached hydrogens (tertiary/aromatic N) is 2. The van der Waals surface area contributed by atoms with Gasteiger partial charge < -0.3 is 15.0 Å². The maximum atomic E-state index is 13.0. The molecule has 0 spiro atoms. The molecule has 4 rings (SSSR count). The summed E-state index contributed by atoms with van der Waals surface area (Å²) in [6.45, 7) is 6.69. The first-order chi connectivity index (χ1) is 17.4. The third kappa shape index (κ3) is 6.91. The van der Waals surface area contributed by atoms with Crippen molar-refractivity contribution in [1.29, 1.82) is 0 Å². The summed E-state index contributed by atoms with van der Waals surface area (Å²) in [6, 6.07) is 5.15. The number of nitrogens with one attached hydrogen (secondary N) is 2. The number of Topliss-reactive ketones (excluding diaryl/α,β-unsaturated/α-hetero) is 1. The molecule has 1 aromatic carbocycles. The van der Waals surface area contributed by atoms with Crippen molar-refractivity contribution in [3.05, 3.63) is 40.4 Å². The molecule has 1 aromatic heterocycles. The molecule has 2 aliphatic rings. The number of thiazole rings is 1. The van der Waals surface area contributed by atoms with Gasteiger partial charge in [0.2, 0.25) is 0 Å². The van der Waals surface area contributed by atoms with E-state index in [2.05, 4.69) is 20.5 Å². The van der Waals surface area contributed by atoms with E-state index in [1.165, 1.54) is 11.3 Å². The summed E-state index contributed by atoms with van der Waals surface area (Å²) in [5.41, 5.74) is 3.02. The normalized spacial score (nSPS) is 18.7. The largest absolute Gasteiger partial charge is 0.466 e. The Balaban J connectivity index is 1.30. The quantitative estimate of drug-likeness (QED) is 0.350. The first-order valence-electron chi connectivity index (χ1n) is 13.0. The highest BCUT2D eigenvalue weighted by Crippen LogP contribution is 2.31. The number of esters is 1. The lowest BCUT2D eigenvalue weighted by molar-refractivity contribution is -0.149. The molecule has 194 valence electrons. The van der Waals surface area contributed by atoms with Gasteiger partial charge in [0.15, 0.2) is 10.9 Å². The molecule has 1 saturated carbocycles. The minimum Gasteiger partial charge on any atom is -0.466 e. The number of aryl methyl sites for hydroxylation is 1. The summed E-state index contributed by atoms with van der Waals surface area (Å²) in [7, 11) is 0. The average molecular weight is 513 g/mol. The number of carbonyl (C=O) groups is 3. The molecule has 1 aliphatic carbocycles. The molecule has 2 heterocycles. The van der Waals surface area contributed by atoms with Crippen LogP contribution in [0, 0.1) is 18.8 Å². The summed E-state index contributed by atoms with van der Waals surface area (Å²) in [5.74, 6) is 0.00709. The summed E-state index contributed by atoms with van der Waals surface area (Å²) < 4.78 is 5.19. The van der Waals surface area contributed by atoms with E-state index in [9.17, 15) is 14.4 Å². The van der Waals surface area contributed by atoms with Crippen LogP contribution in [0.2, 0.25) is 0 Å². The zero-order valence-corrected chi connectivity index (χ0v) is 22.0. The van der Waals surface area contributed by atoms with Gasteiger partial charge in [-0.05, 0) is 58.2 Å². The molecule has 1 unspecified atom stereocenters. The van der Waals surface area contributed by atoms with Gasteiger partial charge in [-0.15, -0.1) is 11.3 Å². The minimum absolute atomic E-state index is 0.0457. The van der Waals surface area contributed by atoms with E-state index in [0.29, 0.717) is 23.0 Å². The second-order valence-electron chi connectivity index (χ2n) is 9.76. The maximum Gasteiger partial charge on any atom is 0.325 e. The molecule has 1 atom stereocenters. The zero-order valence-electron chi connectivity index (χ0n) is 21.2. The number of piperidine rings is 1.